The first-order chi connectivity index (χ1) is 12.3. The van der Waals surface area contributed by atoms with Crippen LogP contribution >= 0.6 is 22.6 Å². The SMILES string of the molecule is O=C1C=CC(=O)N1CCOCCOCCOCCOCCOCCI. The normalized spacial score (nSPS) is 14.0. The van der Waals surface area contributed by atoms with E-state index in [4.69, 9.17) is 23.7 Å². The molecule has 0 N–H and O–H groups in total. The van der Waals surface area contributed by atoms with Crippen LogP contribution in [0, 0.1) is 0 Å². The fraction of sp³-hybridized carbons (Fsp3) is 0.750. The van der Waals surface area contributed by atoms with Crippen molar-refractivity contribution in [1.29, 1.82) is 0 Å². The van der Waals surface area contributed by atoms with Gasteiger partial charge in [0.2, 0.25) is 0 Å². The van der Waals surface area contributed by atoms with Crippen LogP contribution in [0.15, 0.2) is 12.2 Å². The van der Waals surface area contributed by atoms with Crippen molar-refractivity contribution in [2.45, 2.75) is 0 Å². The van der Waals surface area contributed by atoms with Crippen molar-refractivity contribution in [2.24, 2.45) is 0 Å². The largest absolute Gasteiger partial charge is 0.378 e. The summed E-state index contributed by atoms with van der Waals surface area (Å²) >= 11 is 2.26. The van der Waals surface area contributed by atoms with E-state index in [0.29, 0.717) is 59.5 Å². The van der Waals surface area contributed by atoms with E-state index >= 15 is 0 Å². The van der Waals surface area contributed by atoms with E-state index in [-0.39, 0.29) is 18.4 Å². The molecule has 0 unspecified atom stereocenters. The molecule has 0 bridgehead atoms. The first-order valence-electron chi connectivity index (χ1n) is 8.24. The van der Waals surface area contributed by atoms with Crippen LogP contribution in [0.3, 0.4) is 0 Å². The van der Waals surface area contributed by atoms with E-state index in [9.17, 15) is 9.59 Å². The number of carbonyl (C=O) groups excluding carboxylic acids is 2. The number of imide groups is 1. The van der Waals surface area contributed by atoms with Crippen molar-refractivity contribution < 1.29 is 33.3 Å². The van der Waals surface area contributed by atoms with Gasteiger partial charge in [0.05, 0.1) is 72.6 Å². The van der Waals surface area contributed by atoms with Crippen molar-refractivity contribution in [3.05, 3.63) is 12.2 Å². The maximum Gasteiger partial charge on any atom is 0.253 e. The molecule has 1 aliphatic rings. The number of nitrogens with zero attached hydrogens (tertiary/aromatic N) is 1. The smallest absolute Gasteiger partial charge is 0.253 e. The molecule has 0 aromatic carbocycles. The number of rotatable bonds is 17. The minimum absolute atomic E-state index is 0.261. The summed E-state index contributed by atoms with van der Waals surface area (Å²) in [6.07, 6.45) is 2.52. The molecule has 0 radical (unpaired) electrons. The summed E-state index contributed by atoms with van der Waals surface area (Å²) in [5.74, 6) is -0.585. The van der Waals surface area contributed by atoms with E-state index < -0.39 is 0 Å². The Morgan fingerprint density at radius 2 is 1.00 bits per heavy atom. The van der Waals surface area contributed by atoms with E-state index in [1.54, 1.807) is 0 Å². The molecule has 0 aromatic rings. The van der Waals surface area contributed by atoms with E-state index in [0.717, 1.165) is 15.9 Å². The minimum Gasteiger partial charge on any atom is -0.378 e. The molecule has 8 nitrogen and oxygen atoms in total. The summed E-state index contributed by atoms with van der Waals surface area (Å²) in [7, 11) is 0. The molecule has 2 amide bonds. The molecule has 0 atom stereocenters. The summed E-state index contributed by atoms with van der Waals surface area (Å²) in [5.41, 5.74) is 0. The Kier molecular flexibility index (Phi) is 14.1. The molecule has 0 aromatic heterocycles. The Hall–Kier alpha value is -0.590. The van der Waals surface area contributed by atoms with Gasteiger partial charge in [0.1, 0.15) is 0 Å². The lowest BCUT2D eigenvalue weighted by molar-refractivity contribution is -0.137. The summed E-state index contributed by atoms with van der Waals surface area (Å²) < 4.78 is 27.6. The van der Waals surface area contributed by atoms with Gasteiger partial charge in [0.25, 0.3) is 11.8 Å². The molecule has 1 heterocycles. The zero-order valence-electron chi connectivity index (χ0n) is 14.3. The van der Waals surface area contributed by atoms with Crippen LogP contribution in [0.4, 0.5) is 0 Å². The molecular formula is C16H26INO7. The van der Waals surface area contributed by atoms with E-state index in [2.05, 4.69) is 22.6 Å². The van der Waals surface area contributed by atoms with Gasteiger partial charge in [-0.15, -0.1) is 0 Å². The van der Waals surface area contributed by atoms with Crippen LogP contribution in [-0.2, 0) is 33.3 Å². The fourth-order valence-electron chi connectivity index (χ4n) is 1.84. The van der Waals surface area contributed by atoms with Gasteiger partial charge in [-0.3, -0.25) is 14.5 Å². The lowest BCUT2D eigenvalue weighted by Gasteiger charge is -2.13. The van der Waals surface area contributed by atoms with Gasteiger partial charge in [-0.05, 0) is 0 Å². The predicted molar refractivity (Wildman–Crippen MR) is 98.8 cm³/mol. The lowest BCUT2D eigenvalue weighted by Crippen LogP contribution is -2.33. The second-order valence-electron chi connectivity index (χ2n) is 4.91. The van der Waals surface area contributed by atoms with Crippen molar-refractivity contribution in [3.63, 3.8) is 0 Å². The number of carbonyl (C=O) groups is 2. The molecule has 0 spiro atoms. The Morgan fingerprint density at radius 1 is 0.640 bits per heavy atom. The Labute approximate surface area is 161 Å². The molecule has 0 saturated carbocycles. The third-order valence-electron chi connectivity index (χ3n) is 3.07. The summed E-state index contributed by atoms with van der Waals surface area (Å²) in [6.45, 7) is 5.41. The monoisotopic (exact) mass is 471 g/mol. The highest BCUT2D eigenvalue weighted by atomic mass is 127. The van der Waals surface area contributed by atoms with Gasteiger partial charge in [-0.25, -0.2) is 0 Å². The van der Waals surface area contributed by atoms with Crippen molar-refractivity contribution >= 4 is 34.4 Å². The summed E-state index contributed by atoms with van der Waals surface area (Å²) in [4.78, 5) is 23.7. The highest BCUT2D eigenvalue weighted by Gasteiger charge is 2.22. The van der Waals surface area contributed by atoms with E-state index in [1.807, 2.05) is 0 Å². The fourth-order valence-corrected chi connectivity index (χ4v) is 2.16. The number of hydrogen-bond donors (Lipinski definition) is 0. The van der Waals surface area contributed by atoms with Gasteiger partial charge in [0, 0.05) is 16.6 Å². The molecule has 25 heavy (non-hydrogen) atoms. The van der Waals surface area contributed by atoms with Crippen molar-refractivity contribution in [2.75, 3.05) is 77.0 Å². The van der Waals surface area contributed by atoms with Crippen LogP contribution in [0.5, 0.6) is 0 Å². The molecule has 9 heteroatoms. The zero-order chi connectivity index (χ0) is 18.2. The van der Waals surface area contributed by atoms with Crippen molar-refractivity contribution in [1.82, 2.24) is 4.90 Å². The highest BCUT2D eigenvalue weighted by molar-refractivity contribution is 14.1. The first kappa shape index (κ1) is 22.5. The molecule has 1 rings (SSSR count). The molecule has 0 aliphatic carbocycles. The number of alkyl halides is 1. The maximum atomic E-state index is 11.3. The molecular weight excluding hydrogens is 445 g/mol. The van der Waals surface area contributed by atoms with Gasteiger partial charge < -0.3 is 23.7 Å². The van der Waals surface area contributed by atoms with Crippen LogP contribution in [-0.4, -0.2) is 93.8 Å². The predicted octanol–water partition coefficient (Wildman–Crippen LogP) is 0.429. The van der Waals surface area contributed by atoms with Crippen LogP contribution in [0.25, 0.3) is 0 Å². The topological polar surface area (TPSA) is 83.5 Å². The number of amides is 2. The second-order valence-corrected chi connectivity index (χ2v) is 5.99. The number of ether oxygens (including phenoxy) is 5. The molecule has 1 aliphatic heterocycles. The Morgan fingerprint density at radius 3 is 1.40 bits per heavy atom. The lowest BCUT2D eigenvalue weighted by atomic mass is 10.5. The van der Waals surface area contributed by atoms with Crippen LogP contribution in [0.1, 0.15) is 0 Å². The van der Waals surface area contributed by atoms with Gasteiger partial charge >= 0.3 is 0 Å². The van der Waals surface area contributed by atoms with Gasteiger partial charge in [-0.2, -0.15) is 0 Å². The average molecular weight is 471 g/mol. The number of halogens is 1. The maximum absolute atomic E-state index is 11.3. The molecule has 0 fully saturated rings. The third kappa shape index (κ3) is 11.6. The standard InChI is InChI=1S/C16H26INO7/c17-3-5-21-7-9-23-11-13-25-14-12-24-10-8-22-6-4-18-15(19)1-2-16(18)20/h1-2H,3-14H2. The molecule has 144 valence electrons. The van der Waals surface area contributed by atoms with Gasteiger partial charge in [0.15, 0.2) is 0 Å². The number of hydrogen-bond acceptors (Lipinski definition) is 7. The van der Waals surface area contributed by atoms with Crippen LogP contribution in [0.2, 0.25) is 0 Å². The third-order valence-corrected chi connectivity index (χ3v) is 3.51. The van der Waals surface area contributed by atoms with Crippen LogP contribution < -0.4 is 0 Å². The summed E-state index contributed by atoms with van der Waals surface area (Å²) in [5, 5.41) is 0. The van der Waals surface area contributed by atoms with Gasteiger partial charge in [-0.1, -0.05) is 22.6 Å². The second kappa shape index (κ2) is 15.6. The minimum atomic E-state index is -0.292. The first-order valence-corrected chi connectivity index (χ1v) is 9.76. The zero-order valence-corrected chi connectivity index (χ0v) is 16.5. The van der Waals surface area contributed by atoms with Crippen molar-refractivity contribution in [3.8, 4) is 0 Å². The highest BCUT2D eigenvalue weighted by Crippen LogP contribution is 2.02. The molecule has 0 saturated heterocycles. The average Bonchev–Trinajstić information content (AvgIpc) is 2.93. The van der Waals surface area contributed by atoms with E-state index in [1.165, 1.54) is 12.2 Å². The summed E-state index contributed by atoms with van der Waals surface area (Å²) in [6, 6.07) is 0. The Bertz CT molecular complexity index is 388. The quantitative estimate of drug-likeness (QED) is 0.132. The Balaban J connectivity index is 1.73.